The normalized spacial score (nSPS) is 10.6. The van der Waals surface area contributed by atoms with Crippen molar-refractivity contribution in [3.8, 4) is 0 Å². The Morgan fingerprint density at radius 1 is 1.53 bits per heavy atom. The summed E-state index contributed by atoms with van der Waals surface area (Å²) in [5.41, 5.74) is 6.84. The van der Waals surface area contributed by atoms with Crippen molar-refractivity contribution >= 4 is 27.5 Å². The van der Waals surface area contributed by atoms with Crippen LogP contribution in [0.2, 0.25) is 0 Å². The summed E-state index contributed by atoms with van der Waals surface area (Å²) in [5, 5.41) is 2.78. The van der Waals surface area contributed by atoms with Gasteiger partial charge in [0.2, 0.25) is 0 Å². The van der Waals surface area contributed by atoms with Crippen LogP contribution in [0.4, 0.5) is 5.69 Å². The Hall–Kier alpha value is -1.07. The van der Waals surface area contributed by atoms with Crippen molar-refractivity contribution in [2.24, 2.45) is 0 Å². The highest BCUT2D eigenvalue weighted by Crippen LogP contribution is 2.20. The standard InChI is InChI=1S/C12H17BrN2O2/c1-8(2)17-6-5-15-12(16)9-3-4-11(14)10(13)7-9/h3-4,7-8H,5-6,14H2,1-2H3,(H,15,16). The fourth-order valence-corrected chi connectivity index (χ4v) is 1.61. The maximum Gasteiger partial charge on any atom is 0.251 e. The van der Waals surface area contributed by atoms with Crippen molar-refractivity contribution < 1.29 is 9.53 Å². The molecule has 4 nitrogen and oxygen atoms in total. The molecule has 1 rings (SSSR count). The number of carbonyl (C=O) groups excluding carboxylic acids is 1. The van der Waals surface area contributed by atoms with Gasteiger partial charge in [0.25, 0.3) is 5.91 Å². The molecule has 0 radical (unpaired) electrons. The van der Waals surface area contributed by atoms with Crippen molar-refractivity contribution in [1.82, 2.24) is 5.32 Å². The molecule has 3 N–H and O–H groups in total. The van der Waals surface area contributed by atoms with Crippen molar-refractivity contribution in [3.05, 3.63) is 28.2 Å². The summed E-state index contributed by atoms with van der Waals surface area (Å²) >= 11 is 3.29. The first-order chi connectivity index (χ1) is 8.00. The van der Waals surface area contributed by atoms with Crippen molar-refractivity contribution in [1.29, 1.82) is 0 Å². The van der Waals surface area contributed by atoms with Crippen LogP contribution in [0.15, 0.2) is 22.7 Å². The van der Waals surface area contributed by atoms with Gasteiger partial charge in [-0.05, 0) is 48.0 Å². The average molecular weight is 301 g/mol. The largest absolute Gasteiger partial charge is 0.398 e. The summed E-state index contributed by atoms with van der Waals surface area (Å²) in [4.78, 5) is 11.7. The predicted octanol–water partition coefficient (Wildman–Crippen LogP) is 2.19. The highest BCUT2D eigenvalue weighted by molar-refractivity contribution is 9.10. The predicted molar refractivity (Wildman–Crippen MR) is 72.0 cm³/mol. The number of nitrogens with one attached hydrogen (secondary N) is 1. The number of hydrogen-bond acceptors (Lipinski definition) is 3. The number of hydrogen-bond donors (Lipinski definition) is 2. The van der Waals surface area contributed by atoms with E-state index >= 15 is 0 Å². The van der Waals surface area contributed by atoms with E-state index in [-0.39, 0.29) is 12.0 Å². The number of anilines is 1. The monoisotopic (exact) mass is 300 g/mol. The van der Waals surface area contributed by atoms with Crippen LogP contribution in [0.1, 0.15) is 24.2 Å². The van der Waals surface area contributed by atoms with Crippen LogP contribution in [0.25, 0.3) is 0 Å². The molecule has 0 aliphatic rings. The van der Waals surface area contributed by atoms with Crippen LogP contribution in [0, 0.1) is 0 Å². The van der Waals surface area contributed by atoms with E-state index in [4.69, 9.17) is 10.5 Å². The maximum absolute atomic E-state index is 11.7. The third-order valence-corrected chi connectivity index (χ3v) is 2.79. The lowest BCUT2D eigenvalue weighted by atomic mass is 10.2. The molecule has 0 spiro atoms. The molecular weight excluding hydrogens is 284 g/mol. The molecule has 0 unspecified atom stereocenters. The van der Waals surface area contributed by atoms with Gasteiger partial charge >= 0.3 is 0 Å². The van der Waals surface area contributed by atoms with Gasteiger partial charge in [0.1, 0.15) is 0 Å². The highest BCUT2D eigenvalue weighted by atomic mass is 79.9. The Morgan fingerprint density at radius 3 is 2.82 bits per heavy atom. The first-order valence-electron chi connectivity index (χ1n) is 5.45. The molecule has 0 bridgehead atoms. The molecule has 1 amide bonds. The third-order valence-electron chi connectivity index (χ3n) is 2.10. The fraction of sp³-hybridized carbons (Fsp3) is 0.417. The lowest BCUT2D eigenvalue weighted by Gasteiger charge is -2.09. The number of ether oxygens (including phenoxy) is 1. The number of nitrogen functional groups attached to an aromatic ring is 1. The minimum Gasteiger partial charge on any atom is -0.398 e. The minimum atomic E-state index is -0.127. The quantitative estimate of drug-likeness (QED) is 0.647. The van der Waals surface area contributed by atoms with E-state index in [1.165, 1.54) is 0 Å². The molecule has 94 valence electrons. The Kier molecular flexibility index (Phi) is 5.44. The summed E-state index contributed by atoms with van der Waals surface area (Å²) in [6.45, 7) is 4.93. The van der Waals surface area contributed by atoms with Gasteiger partial charge in [-0.15, -0.1) is 0 Å². The molecular formula is C12H17BrN2O2. The molecule has 0 heterocycles. The number of benzene rings is 1. The molecule has 0 saturated heterocycles. The first kappa shape index (κ1) is 14.0. The molecule has 0 fully saturated rings. The van der Waals surface area contributed by atoms with Gasteiger partial charge in [0.05, 0.1) is 12.7 Å². The number of nitrogens with two attached hydrogens (primary N) is 1. The zero-order valence-corrected chi connectivity index (χ0v) is 11.6. The van der Waals surface area contributed by atoms with Crippen LogP contribution in [0.3, 0.4) is 0 Å². The second kappa shape index (κ2) is 6.61. The first-order valence-corrected chi connectivity index (χ1v) is 6.25. The van der Waals surface area contributed by atoms with Crippen molar-refractivity contribution in [2.45, 2.75) is 20.0 Å². The average Bonchev–Trinajstić information content (AvgIpc) is 2.27. The molecule has 0 aliphatic heterocycles. The van der Waals surface area contributed by atoms with Gasteiger partial charge < -0.3 is 15.8 Å². The van der Waals surface area contributed by atoms with Gasteiger partial charge in [-0.25, -0.2) is 0 Å². The summed E-state index contributed by atoms with van der Waals surface area (Å²) in [6, 6.07) is 5.09. The van der Waals surface area contributed by atoms with Crippen LogP contribution in [-0.2, 0) is 4.74 Å². The minimum absolute atomic E-state index is 0.127. The summed E-state index contributed by atoms with van der Waals surface area (Å²) in [7, 11) is 0. The number of halogens is 1. The van der Waals surface area contributed by atoms with E-state index in [0.29, 0.717) is 24.4 Å². The highest BCUT2D eigenvalue weighted by Gasteiger charge is 2.06. The SMILES string of the molecule is CC(C)OCCNC(=O)c1ccc(N)c(Br)c1. The third kappa shape index (κ3) is 4.75. The molecule has 0 aliphatic carbocycles. The maximum atomic E-state index is 11.7. The molecule has 0 atom stereocenters. The Morgan fingerprint density at radius 2 is 2.24 bits per heavy atom. The van der Waals surface area contributed by atoms with Gasteiger partial charge in [-0.2, -0.15) is 0 Å². The Bertz CT molecular complexity index is 394. The number of rotatable bonds is 5. The van der Waals surface area contributed by atoms with E-state index in [0.717, 1.165) is 4.47 Å². The van der Waals surface area contributed by atoms with E-state index < -0.39 is 0 Å². The number of amides is 1. The Balaban J connectivity index is 2.44. The lowest BCUT2D eigenvalue weighted by molar-refractivity contribution is 0.0746. The second-order valence-electron chi connectivity index (χ2n) is 3.91. The molecule has 1 aromatic rings. The molecule has 5 heteroatoms. The molecule has 17 heavy (non-hydrogen) atoms. The van der Waals surface area contributed by atoms with Gasteiger partial charge in [0, 0.05) is 22.3 Å². The Labute approximate surface area is 110 Å². The fourth-order valence-electron chi connectivity index (χ4n) is 1.23. The summed E-state index contributed by atoms with van der Waals surface area (Å²) in [6.07, 6.45) is 0.178. The topological polar surface area (TPSA) is 64.3 Å². The zero-order chi connectivity index (χ0) is 12.8. The number of carbonyl (C=O) groups is 1. The van der Waals surface area contributed by atoms with Crippen LogP contribution in [-0.4, -0.2) is 25.2 Å². The van der Waals surface area contributed by atoms with Crippen LogP contribution >= 0.6 is 15.9 Å². The molecule has 0 saturated carbocycles. The lowest BCUT2D eigenvalue weighted by Crippen LogP contribution is -2.28. The van der Waals surface area contributed by atoms with Gasteiger partial charge in [0.15, 0.2) is 0 Å². The van der Waals surface area contributed by atoms with Gasteiger partial charge in [-0.1, -0.05) is 0 Å². The van der Waals surface area contributed by atoms with Crippen LogP contribution < -0.4 is 11.1 Å². The van der Waals surface area contributed by atoms with Crippen LogP contribution in [0.5, 0.6) is 0 Å². The summed E-state index contributed by atoms with van der Waals surface area (Å²) < 4.78 is 6.05. The smallest absolute Gasteiger partial charge is 0.251 e. The van der Waals surface area contributed by atoms with E-state index in [1.807, 2.05) is 13.8 Å². The van der Waals surface area contributed by atoms with E-state index in [2.05, 4.69) is 21.2 Å². The van der Waals surface area contributed by atoms with Crippen molar-refractivity contribution in [3.63, 3.8) is 0 Å². The summed E-state index contributed by atoms with van der Waals surface area (Å²) in [5.74, 6) is -0.127. The van der Waals surface area contributed by atoms with E-state index in [1.54, 1.807) is 18.2 Å². The van der Waals surface area contributed by atoms with E-state index in [9.17, 15) is 4.79 Å². The second-order valence-corrected chi connectivity index (χ2v) is 4.77. The zero-order valence-electron chi connectivity index (χ0n) is 10.00. The molecule has 1 aromatic carbocycles. The van der Waals surface area contributed by atoms with Crippen molar-refractivity contribution in [2.75, 3.05) is 18.9 Å². The molecule has 0 aromatic heterocycles. The van der Waals surface area contributed by atoms with Gasteiger partial charge in [-0.3, -0.25) is 4.79 Å².